The Kier molecular flexibility index (Phi) is 4.25. The van der Waals surface area contributed by atoms with E-state index in [0.29, 0.717) is 0 Å². The third kappa shape index (κ3) is 3.15. The first-order valence-corrected chi connectivity index (χ1v) is 8.14. The third-order valence-corrected chi connectivity index (χ3v) is 5.41. The largest absolute Gasteiger partial charge is 0.0622 e. The van der Waals surface area contributed by atoms with Crippen LogP contribution in [0, 0.1) is 6.16 Å². The molecule has 97 valence electrons. The van der Waals surface area contributed by atoms with E-state index in [1.165, 1.54) is 16.2 Å². The summed E-state index contributed by atoms with van der Waals surface area (Å²) in [5.74, 6) is 0. The SMILES string of the molecule is [CH](c1ccccc1)P(c1ccccc1)c1ccccc1. The number of benzene rings is 3. The molecule has 0 atom stereocenters. The van der Waals surface area contributed by atoms with Crippen LogP contribution in [0.5, 0.6) is 0 Å². The van der Waals surface area contributed by atoms with Gasteiger partial charge in [0.15, 0.2) is 0 Å². The molecule has 0 aromatic heterocycles. The van der Waals surface area contributed by atoms with Gasteiger partial charge in [0.05, 0.1) is 0 Å². The zero-order valence-electron chi connectivity index (χ0n) is 11.2. The summed E-state index contributed by atoms with van der Waals surface area (Å²) in [7, 11) is -0.452. The molecule has 3 aromatic carbocycles. The van der Waals surface area contributed by atoms with Crippen molar-refractivity contribution >= 4 is 18.5 Å². The minimum absolute atomic E-state index is 0.452. The lowest BCUT2D eigenvalue weighted by Gasteiger charge is -2.18. The van der Waals surface area contributed by atoms with Gasteiger partial charge in [-0.1, -0.05) is 91.0 Å². The predicted molar refractivity (Wildman–Crippen MR) is 88.9 cm³/mol. The van der Waals surface area contributed by atoms with Crippen molar-refractivity contribution in [2.75, 3.05) is 0 Å². The zero-order chi connectivity index (χ0) is 13.6. The van der Waals surface area contributed by atoms with Gasteiger partial charge in [-0.2, -0.15) is 0 Å². The van der Waals surface area contributed by atoms with Crippen LogP contribution in [-0.2, 0) is 0 Å². The number of hydrogen-bond acceptors (Lipinski definition) is 0. The summed E-state index contributed by atoms with van der Waals surface area (Å²) >= 11 is 0. The van der Waals surface area contributed by atoms with Crippen molar-refractivity contribution in [2.24, 2.45) is 0 Å². The second-order valence-corrected chi connectivity index (χ2v) is 6.61. The minimum atomic E-state index is -0.452. The molecule has 0 N–H and O–H groups in total. The maximum Gasteiger partial charge on any atom is 0.0236 e. The molecular weight excluding hydrogens is 259 g/mol. The van der Waals surface area contributed by atoms with Crippen LogP contribution < -0.4 is 10.6 Å². The van der Waals surface area contributed by atoms with Gasteiger partial charge >= 0.3 is 0 Å². The van der Waals surface area contributed by atoms with Crippen LogP contribution in [0.4, 0.5) is 0 Å². The summed E-state index contributed by atoms with van der Waals surface area (Å²) in [6, 6.07) is 32.1. The first kappa shape index (κ1) is 13.1. The molecule has 0 aliphatic heterocycles. The lowest BCUT2D eigenvalue weighted by molar-refractivity contribution is 1.59. The lowest BCUT2D eigenvalue weighted by atomic mass is 10.2. The van der Waals surface area contributed by atoms with E-state index in [-0.39, 0.29) is 0 Å². The molecule has 0 amide bonds. The fraction of sp³-hybridized carbons (Fsp3) is 0. The highest BCUT2D eigenvalue weighted by atomic mass is 31.1. The van der Waals surface area contributed by atoms with Crippen molar-refractivity contribution in [3.63, 3.8) is 0 Å². The van der Waals surface area contributed by atoms with E-state index in [9.17, 15) is 0 Å². The molecule has 0 fully saturated rings. The van der Waals surface area contributed by atoms with Gasteiger partial charge in [0, 0.05) is 6.16 Å². The van der Waals surface area contributed by atoms with Crippen molar-refractivity contribution in [1.82, 2.24) is 0 Å². The molecule has 0 nitrogen and oxygen atoms in total. The highest BCUT2D eigenvalue weighted by Crippen LogP contribution is 2.39. The molecule has 0 aliphatic carbocycles. The Bertz CT molecular complexity index is 593. The monoisotopic (exact) mass is 275 g/mol. The Balaban J connectivity index is 1.96. The van der Waals surface area contributed by atoms with E-state index >= 15 is 0 Å². The van der Waals surface area contributed by atoms with Crippen molar-refractivity contribution in [2.45, 2.75) is 0 Å². The average molecular weight is 275 g/mol. The van der Waals surface area contributed by atoms with Crippen molar-refractivity contribution in [3.05, 3.63) is 103 Å². The summed E-state index contributed by atoms with van der Waals surface area (Å²) in [4.78, 5) is 0. The Hall–Kier alpha value is -1.91. The Labute approximate surface area is 121 Å². The fourth-order valence-corrected chi connectivity index (χ4v) is 4.22. The highest BCUT2D eigenvalue weighted by Gasteiger charge is 2.14. The van der Waals surface area contributed by atoms with E-state index in [1.807, 2.05) is 0 Å². The van der Waals surface area contributed by atoms with Gasteiger partial charge in [0.25, 0.3) is 0 Å². The molecule has 3 aromatic rings. The summed E-state index contributed by atoms with van der Waals surface area (Å²) in [6.07, 6.45) is 2.39. The van der Waals surface area contributed by atoms with Crippen LogP contribution in [0.2, 0.25) is 0 Å². The lowest BCUT2D eigenvalue weighted by Crippen LogP contribution is -2.11. The van der Waals surface area contributed by atoms with Crippen LogP contribution in [0.15, 0.2) is 91.0 Å². The minimum Gasteiger partial charge on any atom is -0.0622 e. The molecule has 0 saturated carbocycles. The molecule has 1 heteroatoms. The number of hydrogen-bond donors (Lipinski definition) is 0. The van der Waals surface area contributed by atoms with Crippen molar-refractivity contribution < 1.29 is 0 Å². The molecule has 0 saturated heterocycles. The maximum absolute atomic E-state index is 2.39. The Morgan fingerprint density at radius 1 is 0.500 bits per heavy atom. The normalized spacial score (nSPS) is 10.7. The van der Waals surface area contributed by atoms with Crippen LogP contribution in [0.1, 0.15) is 5.56 Å². The molecule has 0 unspecified atom stereocenters. The standard InChI is InChI=1S/C19H16P/c1-4-10-17(11-5-1)16-20(18-12-6-2-7-13-18)19-14-8-3-9-15-19/h1-16H. The van der Waals surface area contributed by atoms with Gasteiger partial charge in [-0.15, -0.1) is 0 Å². The van der Waals surface area contributed by atoms with Crippen LogP contribution >= 0.6 is 7.92 Å². The molecule has 20 heavy (non-hydrogen) atoms. The molecular formula is C19H16P. The van der Waals surface area contributed by atoms with Crippen molar-refractivity contribution in [1.29, 1.82) is 0 Å². The van der Waals surface area contributed by atoms with Gasteiger partial charge in [-0.25, -0.2) is 0 Å². The van der Waals surface area contributed by atoms with Gasteiger partial charge in [-0.3, -0.25) is 0 Å². The Morgan fingerprint density at radius 2 is 0.900 bits per heavy atom. The third-order valence-electron chi connectivity index (χ3n) is 3.15. The second-order valence-electron chi connectivity index (χ2n) is 4.58. The van der Waals surface area contributed by atoms with Gasteiger partial charge in [-0.05, 0) is 24.1 Å². The summed E-state index contributed by atoms with van der Waals surface area (Å²) in [5, 5.41) is 2.77. The molecule has 0 spiro atoms. The first-order valence-electron chi connectivity index (χ1n) is 6.73. The first-order chi connectivity index (χ1) is 9.93. The average Bonchev–Trinajstić information content (AvgIpc) is 2.55. The smallest absolute Gasteiger partial charge is 0.0236 e. The van der Waals surface area contributed by atoms with E-state index in [0.717, 1.165) is 0 Å². The summed E-state index contributed by atoms with van der Waals surface area (Å²) in [5.41, 5.74) is 1.28. The fourth-order valence-electron chi connectivity index (χ4n) is 2.16. The molecule has 0 aliphatic rings. The second kappa shape index (κ2) is 6.50. The predicted octanol–water partition coefficient (Wildman–Crippen LogP) is 4.33. The van der Waals surface area contributed by atoms with Crippen molar-refractivity contribution in [3.8, 4) is 0 Å². The molecule has 0 bridgehead atoms. The van der Waals surface area contributed by atoms with Gasteiger partial charge in [0.2, 0.25) is 0 Å². The summed E-state index contributed by atoms with van der Waals surface area (Å²) < 4.78 is 0. The maximum atomic E-state index is 2.39. The highest BCUT2D eigenvalue weighted by molar-refractivity contribution is 7.75. The quantitative estimate of drug-likeness (QED) is 0.622. The number of rotatable bonds is 4. The van der Waals surface area contributed by atoms with Gasteiger partial charge in [0.1, 0.15) is 0 Å². The van der Waals surface area contributed by atoms with E-state index < -0.39 is 7.92 Å². The molecule has 0 heterocycles. The summed E-state index contributed by atoms with van der Waals surface area (Å²) in [6.45, 7) is 0. The van der Waals surface area contributed by atoms with Gasteiger partial charge < -0.3 is 0 Å². The van der Waals surface area contributed by atoms with Crippen LogP contribution in [-0.4, -0.2) is 0 Å². The topological polar surface area (TPSA) is 0 Å². The molecule has 3 rings (SSSR count). The van der Waals surface area contributed by atoms with E-state index in [2.05, 4.69) is 97.2 Å². The van der Waals surface area contributed by atoms with E-state index in [4.69, 9.17) is 0 Å². The molecule has 1 radical (unpaired) electrons. The Morgan fingerprint density at radius 3 is 1.35 bits per heavy atom. The zero-order valence-corrected chi connectivity index (χ0v) is 12.1. The van der Waals surface area contributed by atoms with E-state index in [1.54, 1.807) is 0 Å². The van der Waals surface area contributed by atoms with Crippen LogP contribution in [0.3, 0.4) is 0 Å². The van der Waals surface area contributed by atoms with Crippen LogP contribution in [0.25, 0.3) is 0 Å².